The summed E-state index contributed by atoms with van der Waals surface area (Å²) in [4.78, 5) is 20.4. The third-order valence-corrected chi connectivity index (χ3v) is 5.86. The summed E-state index contributed by atoms with van der Waals surface area (Å²) in [6.07, 6.45) is 2.22. The van der Waals surface area contributed by atoms with E-state index in [4.69, 9.17) is 9.47 Å². The van der Waals surface area contributed by atoms with Crippen molar-refractivity contribution in [3.63, 3.8) is 0 Å². The molecule has 7 heteroatoms. The quantitative estimate of drug-likeness (QED) is 0.304. The normalized spacial score (nSPS) is 10.8. The number of hydrogen-bond donors (Lipinski definition) is 2. The summed E-state index contributed by atoms with van der Waals surface area (Å²) in [5.74, 6) is 0.814. The third kappa shape index (κ3) is 5.19. The molecule has 7 nitrogen and oxygen atoms in total. The van der Waals surface area contributed by atoms with Gasteiger partial charge in [0, 0.05) is 18.2 Å². The van der Waals surface area contributed by atoms with Gasteiger partial charge in [-0.15, -0.1) is 0 Å². The van der Waals surface area contributed by atoms with Crippen LogP contribution in [0.4, 0.5) is 5.82 Å². The zero-order chi connectivity index (χ0) is 24.8. The van der Waals surface area contributed by atoms with Gasteiger partial charge in [0.2, 0.25) is 0 Å². The first-order valence-corrected chi connectivity index (χ1v) is 11.7. The van der Waals surface area contributed by atoms with E-state index in [-0.39, 0.29) is 5.56 Å². The van der Waals surface area contributed by atoms with Crippen LogP contribution in [0.5, 0.6) is 11.5 Å². The van der Waals surface area contributed by atoms with E-state index in [1.807, 2.05) is 19.9 Å². The molecule has 0 unspecified atom stereocenters. The number of ether oxygens (including phenoxy) is 2. The fourth-order valence-electron chi connectivity index (χ4n) is 4.26. The number of rotatable bonds is 10. The van der Waals surface area contributed by atoms with Gasteiger partial charge in [0.05, 0.1) is 18.9 Å². The predicted molar refractivity (Wildman–Crippen MR) is 138 cm³/mol. The molecule has 1 heterocycles. The van der Waals surface area contributed by atoms with Crippen molar-refractivity contribution in [2.75, 3.05) is 25.1 Å². The number of nitrogens with zero attached hydrogens (tertiary/aromatic N) is 2. The Morgan fingerprint density at radius 2 is 1.80 bits per heavy atom. The lowest BCUT2D eigenvalue weighted by Crippen LogP contribution is -2.10. The number of fused-ring (bicyclic) bond motifs is 1. The molecule has 180 valence electrons. The number of carboxylic acids is 1. The Morgan fingerprint density at radius 1 is 1.00 bits per heavy atom. The summed E-state index contributed by atoms with van der Waals surface area (Å²) >= 11 is 0. The van der Waals surface area contributed by atoms with E-state index < -0.39 is 5.97 Å². The van der Waals surface area contributed by atoms with E-state index in [9.17, 15) is 9.90 Å². The van der Waals surface area contributed by atoms with E-state index in [2.05, 4.69) is 46.5 Å². The van der Waals surface area contributed by atoms with Crippen LogP contribution in [0, 0.1) is 6.92 Å². The average molecular weight is 472 g/mol. The van der Waals surface area contributed by atoms with E-state index in [1.54, 1.807) is 18.2 Å². The summed E-state index contributed by atoms with van der Waals surface area (Å²) in [6.45, 7) is 7.54. The molecule has 4 aromatic rings. The Bertz CT molecular complexity index is 1350. The number of aromatic nitrogens is 2. The highest BCUT2D eigenvalue weighted by Gasteiger charge is 2.18. The smallest absolute Gasteiger partial charge is 0.339 e. The second-order valence-electron chi connectivity index (χ2n) is 8.02. The highest BCUT2D eigenvalue weighted by molar-refractivity contribution is 5.94. The van der Waals surface area contributed by atoms with Gasteiger partial charge >= 0.3 is 5.97 Å². The summed E-state index contributed by atoms with van der Waals surface area (Å²) in [7, 11) is 0. The first-order chi connectivity index (χ1) is 17.0. The number of anilines is 1. The maximum atomic E-state index is 11.7. The van der Waals surface area contributed by atoms with E-state index >= 15 is 0 Å². The standard InChI is InChI=1S/C28H29N3O4/c1-4-34-25-15-19-9-6-7-10-20(19)18(3)21(25)13-14-29-26-16-24(30-17-31-26)22-11-8-12-23(28(32)33)27(22)35-5-2/h6-12,15-17H,4-5,13-14H2,1-3H3,(H,32,33)(H,29,30,31). The number of carboxylic acid groups (broad SMARTS) is 1. The van der Waals surface area contributed by atoms with Crippen molar-refractivity contribution in [1.82, 2.24) is 9.97 Å². The molecule has 0 aliphatic rings. The lowest BCUT2D eigenvalue weighted by Gasteiger charge is -2.16. The van der Waals surface area contributed by atoms with Crippen LogP contribution in [0.2, 0.25) is 0 Å². The number of aromatic carboxylic acids is 1. The molecule has 0 amide bonds. The zero-order valence-electron chi connectivity index (χ0n) is 20.2. The highest BCUT2D eigenvalue weighted by Crippen LogP contribution is 2.34. The van der Waals surface area contributed by atoms with Gasteiger partial charge in [-0.3, -0.25) is 0 Å². The summed E-state index contributed by atoms with van der Waals surface area (Å²) in [5.41, 5.74) is 3.68. The van der Waals surface area contributed by atoms with E-state index in [1.165, 1.54) is 34.3 Å². The minimum atomic E-state index is -1.04. The van der Waals surface area contributed by atoms with Crippen LogP contribution in [0.15, 0.2) is 60.9 Å². The summed E-state index contributed by atoms with van der Waals surface area (Å²) in [5, 5.41) is 15.3. The molecule has 2 N–H and O–H groups in total. The molecule has 1 aromatic heterocycles. The number of hydrogen-bond acceptors (Lipinski definition) is 6. The Labute approximate surface area is 204 Å². The molecule has 4 rings (SSSR count). The minimum Gasteiger partial charge on any atom is -0.494 e. The van der Waals surface area contributed by atoms with Gasteiger partial charge in [-0.25, -0.2) is 14.8 Å². The molecule has 0 bridgehead atoms. The number of nitrogens with one attached hydrogen (secondary N) is 1. The molecule has 0 atom stereocenters. The van der Waals surface area contributed by atoms with Crippen LogP contribution in [0.1, 0.15) is 35.3 Å². The van der Waals surface area contributed by atoms with Crippen molar-refractivity contribution in [2.24, 2.45) is 0 Å². The Balaban J connectivity index is 1.57. The Morgan fingerprint density at radius 3 is 2.57 bits per heavy atom. The molecule has 0 aliphatic heterocycles. The average Bonchev–Trinajstić information content (AvgIpc) is 2.86. The van der Waals surface area contributed by atoms with Crippen LogP contribution in [-0.2, 0) is 6.42 Å². The molecular formula is C28H29N3O4. The topological polar surface area (TPSA) is 93.6 Å². The second kappa shape index (κ2) is 10.9. The second-order valence-corrected chi connectivity index (χ2v) is 8.02. The zero-order valence-corrected chi connectivity index (χ0v) is 20.2. The monoisotopic (exact) mass is 471 g/mol. The van der Waals surface area contributed by atoms with Crippen molar-refractivity contribution in [2.45, 2.75) is 27.2 Å². The maximum absolute atomic E-state index is 11.7. The fourth-order valence-corrected chi connectivity index (χ4v) is 4.26. The van der Waals surface area contributed by atoms with E-state index in [0.29, 0.717) is 42.6 Å². The SMILES string of the molecule is CCOc1cc2ccccc2c(C)c1CCNc1cc(-c2cccc(C(=O)O)c2OCC)ncn1. The van der Waals surface area contributed by atoms with Crippen LogP contribution in [0.3, 0.4) is 0 Å². The first-order valence-electron chi connectivity index (χ1n) is 11.7. The number of benzene rings is 3. The highest BCUT2D eigenvalue weighted by atomic mass is 16.5. The molecule has 0 saturated heterocycles. The van der Waals surface area contributed by atoms with E-state index in [0.717, 1.165) is 12.2 Å². The molecule has 0 aliphatic carbocycles. The Kier molecular flexibility index (Phi) is 7.45. The molecule has 0 fully saturated rings. The van der Waals surface area contributed by atoms with Crippen molar-refractivity contribution >= 4 is 22.6 Å². The van der Waals surface area contributed by atoms with Crippen molar-refractivity contribution in [1.29, 1.82) is 0 Å². The first kappa shape index (κ1) is 24.0. The van der Waals surface area contributed by atoms with Crippen molar-refractivity contribution in [3.05, 3.63) is 77.6 Å². The number of para-hydroxylation sites is 1. The maximum Gasteiger partial charge on any atom is 0.339 e. The molecule has 35 heavy (non-hydrogen) atoms. The lowest BCUT2D eigenvalue weighted by atomic mass is 9.97. The molecular weight excluding hydrogens is 442 g/mol. The van der Waals surface area contributed by atoms with Crippen molar-refractivity contribution in [3.8, 4) is 22.8 Å². The van der Waals surface area contributed by atoms with Gasteiger partial charge in [0.15, 0.2) is 0 Å². The van der Waals surface area contributed by atoms with Gasteiger partial charge < -0.3 is 19.9 Å². The minimum absolute atomic E-state index is 0.104. The van der Waals surface area contributed by atoms with Gasteiger partial charge in [-0.2, -0.15) is 0 Å². The van der Waals surface area contributed by atoms with Gasteiger partial charge in [-0.05, 0) is 67.3 Å². The number of aryl methyl sites for hydroxylation is 1. The van der Waals surface area contributed by atoms with Gasteiger partial charge in [0.25, 0.3) is 0 Å². The summed E-state index contributed by atoms with van der Waals surface area (Å²) in [6, 6.07) is 17.3. The third-order valence-electron chi connectivity index (χ3n) is 5.86. The molecule has 0 saturated carbocycles. The Hall–Kier alpha value is -4.13. The van der Waals surface area contributed by atoms with Gasteiger partial charge in [0.1, 0.15) is 29.2 Å². The predicted octanol–water partition coefficient (Wildman–Crippen LogP) is 5.76. The van der Waals surface area contributed by atoms with Crippen molar-refractivity contribution < 1.29 is 19.4 Å². The molecule has 0 radical (unpaired) electrons. The number of carbonyl (C=O) groups is 1. The largest absolute Gasteiger partial charge is 0.494 e. The van der Waals surface area contributed by atoms with Crippen LogP contribution < -0.4 is 14.8 Å². The fraction of sp³-hybridized carbons (Fsp3) is 0.250. The van der Waals surface area contributed by atoms with Crippen LogP contribution >= 0.6 is 0 Å². The lowest BCUT2D eigenvalue weighted by molar-refractivity contribution is 0.0692. The van der Waals surface area contributed by atoms with Gasteiger partial charge in [-0.1, -0.05) is 30.3 Å². The molecule has 0 spiro atoms. The molecule has 3 aromatic carbocycles. The summed E-state index contributed by atoms with van der Waals surface area (Å²) < 4.78 is 11.6. The van der Waals surface area contributed by atoms with Crippen LogP contribution in [0.25, 0.3) is 22.0 Å². The van der Waals surface area contributed by atoms with Crippen LogP contribution in [-0.4, -0.2) is 40.8 Å².